The number of rotatable bonds is 13. The van der Waals surface area contributed by atoms with Crippen LogP contribution in [-0.4, -0.2) is 151 Å². The van der Waals surface area contributed by atoms with Crippen molar-refractivity contribution in [3.8, 4) is 22.8 Å². The lowest BCUT2D eigenvalue weighted by atomic mass is 9.98. The van der Waals surface area contributed by atoms with Gasteiger partial charge >= 0.3 is 12.4 Å². The lowest BCUT2D eigenvalue weighted by Gasteiger charge is -2.21. The highest BCUT2D eigenvalue weighted by Gasteiger charge is 2.31. The second kappa shape index (κ2) is 39.4. The second-order valence-corrected chi connectivity index (χ2v) is 32.5. The molecule has 6 aromatic rings. The van der Waals surface area contributed by atoms with Crippen LogP contribution in [0.2, 0.25) is 0 Å². The Hall–Kier alpha value is -4.52. The maximum atomic E-state index is 12.8. The number of ether oxygens (including phenoxy) is 1. The van der Waals surface area contributed by atoms with Crippen LogP contribution in [0, 0.1) is 0 Å². The van der Waals surface area contributed by atoms with Gasteiger partial charge in [-0.15, -0.1) is 60.0 Å². The van der Waals surface area contributed by atoms with E-state index in [-0.39, 0.29) is 27.3 Å². The van der Waals surface area contributed by atoms with E-state index in [2.05, 4.69) is 68.1 Å². The van der Waals surface area contributed by atoms with Crippen LogP contribution < -0.4 is 20.9 Å². The van der Waals surface area contributed by atoms with Crippen LogP contribution in [0.1, 0.15) is 116 Å². The maximum Gasteiger partial charge on any atom is 0.416 e. The van der Waals surface area contributed by atoms with Crippen LogP contribution in [0.5, 0.6) is 0 Å². The monoisotopic (exact) mass is 1450 g/mol. The number of sulfonamides is 2. The van der Waals surface area contributed by atoms with E-state index in [0.29, 0.717) is 29.8 Å². The number of H-pyrrole nitrogens is 1. The van der Waals surface area contributed by atoms with Gasteiger partial charge in [-0.1, -0.05) is 72.8 Å². The molecule has 36 heteroatoms. The highest BCUT2D eigenvalue weighted by molar-refractivity contribution is 8.14. The molecule has 4 aromatic carbocycles. The number of alkyl halides is 9. The van der Waals surface area contributed by atoms with Gasteiger partial charge in [-0.05, 0) is 171 Å². The van der Waals surface area contributed by atoms with Crippen LogP contribution in [0.15, 0.2) is 97.1 Å². The molecule has 7 N–H and O–H groups in total. The number of halogens is 10. The van der Waals surface area contributed by atoms with E-state index in [9.17, 15) is 60.4 Å². The zero-order valence-corrected chi connectivity index (χ0v) is 58.9. The molecule has 0 bridgehead atoms. The largest absolute Gasteiger partial charge is 0.771 e. The molecule has 0 spiro atoms. The average molecular weight is 1450 g/mol. The molecule has 1 aliphatic heterocycles. The molecular formula is C55H82Cl4F6N13O9S4-. The highest BCUT2D eigenvalue weighted by Crippen LogP contribution is 2.32. The van der Waals surface area contributed by atoms with Crippen molar-refractivity contribution in [2.45, 2.75) is 136 Å². The summed E-state index contributed by atoms with van der Waals surface area (Å²) >= 11 is 12.6. The van der Waals surface area contributed by atoms with Gasteiger partial charge in [0.25, 0.3) is 0 Å². The van der Waals surface area contributed by atoms with Crippen molar-refractivity contribution in [1.29, 1.82) is 0 Å². The third-order valence-electron chi connectivity index (χ3n) is 9.47. The standard InChI is InChI=1S/C20H22F3N5O2S.C15H11F3N4.C5H12ClNO2S.C5H11NO.2C4H11N.CH2Cl2O2S.CH3ClO2S/c1-19(2,3)26-31(29,30)13-28-25-18(24-27-28)17-7-5-4-6-15(17)12-14-8-10-16(11-9-14)20(21,22)23;16-15(17,18)12-7-5-10(6-8-12)9-11-3-1-2-4-13(11)14-19-21-22-20-14;1-5(2,3)7-10(8,9)4-6;1-6-2-4-7-5-3-6;2*1-4(2,3)5;2-1-6(3,4)5;2-1-5(3)4/h4-11,26H,12-13H2,1-3H3;1-8H,9H2,(H,19,20,21,22);7H,4H2,1-3H3;2-5H2,1H3;2*5H2,1-3H3;1H2;1H2,(H,3,4)/p-1. The van der Waals surface area contributed by atoms with Crippen molar-refractivity contribution >= 4 is 85.7 Å². The number of nitrogens with two attached hydrogens (primary N) is 2. The van der Waals surface area contributed by atoms with Gasteiger partial charge in [0, 0.05) is 57.1 Å². The third-order valence-corrected chi connectivity index (χ3v) is 15.5. The van der Waals surface area contributed by atoms with Crippen molar-refractivity contribution in [1.82, 2.24) is 55.2 Å². The van der Waals surface area contributed by atoms with E-state index in [1.165, 1.54) is 24.3 Å². The van der Waals surface area contributed by atoms with Gasteiger partial charge in [-0.2, -0.15) is 31.6 Å². The molecule has 7 rings (SSSR count). The summed E-state index contributed by atoms with van der Waals surface area (Å²) in [6.45, 7) is 26.3. The van der Waals surface area contributed by atoms with Crippen molar-refractivity contribution in [2.75, 3.05) is 49.0 Å². The molecule has 1 fully saturated rings. The molecule has 1 aliphatic rings. The van der Waals surface area contributed by atoms with Crippen LogP contribution in [-0.2, 0) is 76.0 Å². The number of nitrogens with one attached hydrogen (secondary N) is 3. The van der Waals surface area contributed by atoms with E-state index in [1.807, 2.05) is 71.9 Å². The van der Waals surface area contributed by atoms with E-state index < -0.39 is 85.8 Å². The molecule has 22 nitrogen and oxygen atoms in total. The number of morpholine rings is 1. The Kier molecular flexibility index (Phi) is 37.4. The maximum absolute atomic E-state index is 12.8. The third kappa shape index (κ3) is 45.5. The van der Waals surface area contributed by atoms with E-state index in [0.717, 1.165) is 77.6 Å². The minimum Gasteiger partial charge on any atom is -0.771 e. The van der Waals surface area contributed by atoms with Crippen LogP contribution in [0.3, 0.4) is 0 Å². The molecular weight excluding hydrogens is 1370 g/mol. The molecule has 516 valence electrons. The Morgan fingerprint density at radius 3 is 1.26 bits per heavy atom. The summed E-state index contributed by atoms with van der Waals surface area (Å²) in [5.74, 6) is 0.203. The predicted molar refractivity (Wildman–Crippen MR) is 347 cm³/mol. The molecule has 0 aliphatic carbocycles. The summed E-state index contributed by atoms with van der Waals surface area (Å²) in [4.78, 5) is 3.25. The smallest absolute Gasteiger partial charge is 0.416 e. The summed E-state index contributed by atoms with van der Waals surface area (Å²) in [6.07, 6.45) is -7.86. The summed E-state index contributed by atoms with van der Waals surface area (Å²) in [5, 5.41) is 24.5. The van der Waals surface area contributed by atoms with Gasteiger partial charge in [0.1, 0.15) is 10.4 Å². The summed E-state index contributed by atoms with van der Waals surface area (Å²) in [5.41, 5.74) is 12.9. The molecule has 1 atom stereocenters. The second-order valence-electron chi connectivity index (χ2n) is 23.7. The molecule has 3 heterocycles. The number of hydrogen-bond acceptors (Lipinski definition) is 18. The number of tetrazole rings is 2. The number of hydrogen-bond donors (Lipinski definition) is 5. The van der Waals surface area contributed by atoms with E-state index in [4.69, 9.17) is 51.0 Å². The number of likely N-dealkylation sites (N-methyl/N-ethyl adjacent to an activating group) is 1. The van der Waals surface area contributed by atoms with Gasteiger partial charge in [0.05, 0.1) is 29.6 Å². The first-order valence-corrected chi connectivity index (χ1v) is 35.5. The molecule has 0 saturated carbocycles. The molecule has 1 saturated heterocycles. The number of nitrogens with zero attached hydrogens (tertiary/aromatic N) is 8. The molecule has 2 aromatic heterocycles. The fraction of sp³-hybridized carbons (Fsp3) is 0.527. The highest BCUT2D eigenvalue weighted by atomic mass is 35.7. The quantitative estimate of drug-likeness (QED) is 0.0310. The Morgan fingerprint density at radius 2 is 0.978 bits per heavy atom. The van der Waals surface area contributed by atoms with Crippen molar-refractivity contribution in [2.24, 2.45) is 11.5 Å². The zero-order chi connectivity index (χ0) is 70.5. The lowest BCUT2D eigenvalue weighted by Crippen LogP contribution is -2.42. The summed E-state index contributed by atoms with van der Waals surface area (Å²) in [7, 11) is -3.69. The molecule has 91 heavy (non-hydrogen) atoms. The van der Waals surface area contributed by atoms with Gasteiger partial charge in [0.2, 0.25) is 40.7 Å². The minimum atomic E-state index is -4.39. The first kappa shape index (κ1) is 86.5. The first-order chi connectivity index (χ1) is 41.4. The van der Waals surface area contributed by atoms with Crippen LogP contribution in [0.25, 0.3) is 22.8 Å². The minimum absolute atomic E-state index is 0. The number of aromatic amines is 1. The van der Waals surface area contributed by atoms with E-state index >= 15 is 0 Å². The van der Waals surface area contributed by atoms with Gasteiger partial charge in [-0.3, -0.25) is 4.21 Å². The average Bonchev–Trinajstić information content (AvgIpc) is 2.23. The van der Waals surface area contributed by atoms with Crippen LogP contribution in [0.4, 0.5) is 26.3 Å². The van der Waals surface area contributed by atoms with Gasteiger partial charge in [-0.25, -0.2) is 34.7 Å². The van der Waals surface area contributed by atoms with Crippen molar-refractivity contribution in [3.05, 3.63) is 130 Å². The van der Waals surface area contributed by atoms with Crippen molar-refractivity contribution < 1.29 is 65.1 Å². The topological polar surface area (TPSA) is 329 Å². The Bertz CT molecular complexity index is 3380. The van der Waals surface area contributed by atoms with Gasteiger partial charge in [0.15, 0.2) is 5.88 Å². The first-order valence-electron chi connectivity index (χ1n) is 26.9. The predicted octanol–water partition coefficient (Wildman–Crippen LogP) is 10.3. The Morgan fingerprint density at radius 1 is 0.615 bits per heavy atom. The van der Waals surface area contributed by atoms with Gasteiger partial charge < -0.3 is 25.7 Å². The SMILES string of the molecule is CC(C)(C)N.CC(C)(C)N.CC(C)(C)NS(=O)(=O)CCl.CC(C)(C)NS(=O)(=O)Cn1nnc(-c2ccccc2Cc2ccc(C(F)(F)F)cc2)n1.CN1CCOCC1.FC(F)(F)c1ccc(Cc2ccccc2-c2nn[nH]n2)cc1.O=S(=O)(Cl)CCl.O=S([O-])CCl. The Balaban J connectivity index is 0.00000116. The van der Waals surface area contributed by atoms with E-state index in [1.54, 1.807) is 59.7 Å². The van der Waals surface area contributed by atoms with Crippen LogP contribution >= 0.6 is 45.5 Å². The number of aromatic nitrogens is 8. The van der Waals surface area contributed by atoms with Crippen molar-refractivity contribution in [3.63, 3.8) is 0 Å². The fourth-order valence-electron chi connectivity index (χ4n) is 6.33. The fourth-order valence-corrected chi connectivity index (χ4v) is 8.89. The number of benzene rings is 4. The summed E-state index contributed by atoms with van der Waals surface area (Å²) < 4.78 is 170. The molecule has 1 unspecified atom stereocenters. The molecule has 0 amide bonds. The molecule has 0 radical (unpaired) electrons. The zero-order valence-electron chi connectivity index (χ0n) is 52.6. The normalized spacial score (nSPS) is 13.5. The summed E-state index contributed by atoms with van der Waals surface area (Å²) in [6, 6.07) is 24.7. The lowest BCUT2D eigenvalue weighted by molar-refractivity contribution is -0.138. The Labute approximate surface area is 552 Å².